The molecule has 0 amide bonds. The van der Waals surface area contributed by atoms with Gasteiger partial charge >= 0.3 is 0 Å². The molecule has 0 spiro atoms. The molecule has 13 heavy (non-hydrogen) atoms. The number of rotatable bonds is 0. The summed E-state index contributed by atoms with van der Waals surface area (Å²) in [5.41, 5.74) is 2.55. The van der Waals surface area contributed by atoms with Crippen molar-refractivity contribution in [3.8, 4) is 0 Å². The summed E-state index contributed by atoms with van der Waals surface area (Å²) in [5.74, 6) is 0. The summed E-state index contributed by atoms with van der Waals surface area (Å²) in [6.07, 6.45) is 0. The number of aromatic amines is 1. The molecule has 2 aromatic heterocycles. The summed E-state index contributed by atoms with van der Waals surface area (Å²) in [6.45, 7) is 3.52. The largest absolute Gasteiger partial charge is 0.316 e. The van der Waals surface area contributed by atoms with Gasteiger partial charge in [0.2, 0.25) is 0 Å². The summed E-state index contributed by atoms with van der Waals surface area (Å²) < 4.78 is 1.66. The topological polar surface area (TPSA) is 63.6 Å². The van der Waals surface area contributed by atoms with Crippen molar-refractivity contribution < 1.29 is 0 Å². The number of aromatic nitrogens is 4. The second-order valence-electron chi connectivity index (χ2n) is 3.06. The Morgan fingerprint density at radius 1 is 1.31 bits per heavy atom. The second-order valence-corrected chi connectivity index (χ2v) is 3.06. The molecule has 5 nitrogen and oxygen atoms in total. The second kappa shape index (κ2) is 2.42. The molecule has 5 heteroatoms. The van der Waals surface area contributed by atoms with Crippen LogP contribution in [-0.2, 0) is 7.05 Å². The molecular formula is C8H10N4O. The van der Waals surface area contributed by atoms with Crippen LogP contribution in [0, 0.1) is 13.8 Å². The van der Waals surface area contributed by atoms with Crippen LogP contribution in [0.3, 0.4) is 0 Å². The zero-order valence-corrected chi connectivity index (χ0v) is 7.75. The Bertz CT molecular complexity index is 523. The highest BCUT2D eigenvalue weighted by molar-refractivity contribution is 5.72. The average Bonchev–Trinajstić information content (AvgIpc) is 2.31. The van der Waals surface area contributed by atoms with E-state index >= 15 is 0 Å². The van der Waals surface area contributed by atoms with Crippen molar-refractivity contribution in [2.75, 3.05) is 0 Å². The highest BCUT2D eigenvalue weighted by Gasteiger charge is 2.07. The Balaban J connectivity index is 3.00. The Kier molecular flexibility index (Phi) is 1.48. The molecule has 1 N–H and O–H groups in total. The van der Waals surface area contributed by atoms with Crippen LogP contribution >= 0.6 is 0 Å². The number of nitrogens with one attached hydrogen (secondary N) is 1. The summed E-state index contributed by atoms with van der Waals surface area (Å²) in [5, 5.41) is 4.16. The molecule has 0 atom stereocenters. The van der Waals surface area contributed by atoms with Gasteiger partial charge in [-0.1, -0.05) is 0 Å². The summed E-state index contributed by atoms with van der Waals surface area (Å²) in [7, 11) is 1.81. The molecule has 2 heterocycles. The van der Waals surface area contributed by atoms with Crippen LogP contribution in [0.4, 0.5) is 0 Å². The van der Waals surface area contributed by atoms with Crippen LogP contribution in [0.25, 0.3) is 11.2 Å². The van der Waals surface area contributed by atoms with Crippen molar-refractivity contribution in [3.63, 3.8) is 0 Å². The van der Waals surface area contributed by atoms with E-state index in [1.165, 1.54) is 0 Å². The van der Waals surface area contributed by atoms with Crippen molar-refractivity contribution in [3.05, 3.63) is 21.7 Å². The van der Waals surface area contributed by atoms with Gasteiger partial charge in [-0.25, -0.2) is 9.67 Å². The summed E-state index contributed by atoms with van der Waals surface area (Å²) in [4.78, 5) is 18.1. The van der Waals surface area contributed by atoms with Crippen LogP contribution in [0.1, 0.15) is 11.4 Å². The maximum Gasteiger partial charge on any atom is 0.269 e. The lowest BCUT2D eigenvalue weighted by atomic mass is 10.4. The predicted molar refractivity (Wildman–Crippen MR) is 48.6 cm³/mol. The normalized spacial score (nSPS) is 11.0. The van der Waals surface area contributed by atoms with Gasteiger partial charge in [0, 0.05) is 7.05 Å². The van der Waals surface area contributed by atoms with Gasteiger partial charge < -0.3 is 4.98 Å². The monoisotopic (exact) mass is 178 g/mol. The molecule has 0 saturated heterocycles. The molecule has 0 aromatic carbocycles. The minimum Gasteiger partial charge on any atom is -0.316 e. The van der Waals surface area contributed by atoms with Crippen molar-refractivity contribution in [1.29, 1.82) is 0 Å². The minimum atomic E-state index is -0.149. The molecule has 2 rings (SSSR count). The van der Waals surface area contributed by atoms with E-state index in [0.717, 1.165) is 16.9 Å². The lowest BCUT2D eigenvalue weighted by Crippen LogP contribution is -2.11. The molecule has 2 aromatic rings. The first-order valence-corrected chi connectivity index (χ1v) is 4.00. The molecule has 0 aliphatic carbocycles. The minimum absolute atomic E-state index is 0.149. The van der Waals surface area contributed by atoms with Crippen molar-refractivity contribution in [1.82, 2.24) is 19.7 Å². The zero-order chi connectivity index (χ0) is 9.59. The van der Waals surface area contributed by atoms with Gasteiger partial charge in [-0.05, 0) is 13.8 Å². The maximum atomic E-state index is 11.2. The van der Waals surface area contributed by atoms with E-state index in [2.05, 4.69) is 15.1 Å². The lowest BCUT2D eigenvalue weighted by Gasteiger charge is -1.93. The van der Waals surface area contributed by atoms with Gasteiger partial charge in [-0.15, -0.1) is 0 Å². The first-order valence-electron chi connectivity index (χ1n) is 4.00. The van der Waals surface area contributed by atoms with E-state index in [4.69, 9.17) is 0 Å². The third kappa shape index (κ3) is 1.04. The average molecular weight is 178 g/mol. The van der Waals surface area contributed by atoms with Crippen molar-refractivity contribution >= 4 is 11.2 Å². The Morgan fingerprint density at radius 3 is 2.69 bits per heavy atom. The van der Waals surface area contributed by atoms with Gasteiger partial charge in [-0.2, -0.15) is 5.10 Å². The Labute approximate surface area is 74.4 Å². The molecule has 0 bridgehead atoms. The van der Waals surface area contributed by atoms with Crippen LogP contribution in [0.2, 0.25) is 0 Å². The van der Waals surface area contributed by atoms with Crippen LogP contribution in [0.5, 0.6) is 0 Å². The molecule has 0 aliphatic heterocycles. The van der Waals surface area contributed by atoms with Gasteiger partial charge in [0.25, 0.3) is 5.56 Å². The van der Waals surface area contributed by atoms with Crippen molar-refractivity contribution in [2.45, 2.75) is 13.8 Å². The van der Waals surface area contributed by atoms with E-state index < -0.39 is 0 Å². The molecule has 0 fully saturated rings. The quantitative estimate of drug-likeness (QED) is 0.630. The third-order valence-corrected chi connectivity index (χ3v) is 2.03. The molecule has 68 valence electrons. The van der Waals surface area contributed by atoms with E-state index in [0.29, 0.717) is 5.69 Å². The SMILES string of the molecule is Cc1nc2c([nH]c1=O)c(C)nn2C. The van der Waals surface area contributed by atoms with Crippen molar-refractivity contribution in [2.24, 2.45) is 7.05 Å². The fourth-order valence-corrected chi connectivity index (χ4v) is 1.33. The van der Waals surface area contributed by atoms with E-state index in [1.807, 2.05) is 6.92 Å². The number of nitrogens with zero attached hydrogens (tertiary/aromatic N) is 3. The standard InChI is InChI=1S/C8H10N4O/c1-4-6-7(12(3)11-4)9-5(2)8(13)10-6/h1-3H3,(H,10,13). The molecule has 0 unspecified atom stereocenters. The number of H-pyrrole nitrogens is 1. The van der Waals surface area contributed by atoms with Crippen LogP contribution < -0.4 is 5.56 Å². The zero-order valence-electron chi connectivity index (χ0n) is 7.75. The highest BCUT2D eigenvalue weighted by atomic mass is 16.1. The van der Waals surface area contributed by atoms with Gasteiger partial charge in [0.1, 0.15) is 11.2 Å². The molecule has 0 radical (unpaired) electrons. The third-order valence-electron chi connectivity index (χ3n) is 2.03. The van der Waals surface area contributed by atoms with Gasteiger partial charge in [0.05, 0.1) is 5.69 Å². The van der Waals surface area contributed by atoms with Gasteiger partial charge in [0.15, 0.2) is 5.65 Å². The fourth-order valence-electron chi connectivity index (χ4n) is 1.33. The number of hydrogen-bond acceptors (Lipinski definition) is 3. The van der Waals surface area contributed by atoms with Crippen LogP contribution in [0.15, 0.2) is 4.79 Å². The molecule has 0 saturated carbocycles. The van der Waals surface area contributed by atoms with E-state index in [9.17, 15) is 4.79 Å². The smallest absolute Gasteiger partial charge is 0.269 e. The highest BCUT2D eigenvalue weighted by Crippen LogP contribution is 2.09. The fraction of sp³-hybridized carbons (Fsp3) is 0.375. The van der Waals surface area contributed by atoms with Crippen LogP contribution in [-0.4, -0.2) is 19.7 Å². The van der Waals surface area contributed by atoms with E-state index in [1.54, 1.807) is 18.7 Å². The Hall–Kier alpha value is -1.65. The Morgan fingerprint density at radius 2 is 2.00 bits per heavy atom. The first-order chi connectivity index (χ1) is 6.09. The predicted octanol–water partition coefficient (Wildman–Crippen LogP) is 0.273. The lowest BCUT2D eigenvalue weighted by molar-refractivity contribution is 0.772. The molecular weight excluding hydrogens is 168 g/mol. The first kappa shape index (κ1) is 7.97. The van der Waals surface area contributed by atoms with E-state index in [-0.39, 0.29) is 5.56 Å². The maximum absolute atomic E-state index is 11.2. The molecule has 0 aliphatic rings. The number of fused-ring (bicyclic) bond motifs is 1. The summed E-state index contributed by atoms with van der Waals surface area (Å²) in [6, 6.07) is 0. The number of aryl methyl sites for hydroxylation is 3. The summed E-state index contributed by atoms with van der Waals surface area (Å²) >= 11 is 0. The van der Waals surface area contributed by atoms with Gasteiger partial charge in [-0.3, -0.25) is 4.79 Å². The number of hydrogen-bond donors (Lipinski definition) is 1.